The lowest BCUT2D eigenvalue weighted by molar-refractivity contribution is 0.0945. The van der Waals surface area contributed by atoms with Crippen LogP contribution in [0, 0.1) is 0 Å². The summed E-state index contributed by atoms with van der Waals surface area (Å²) < 4.78 is 4.06. The SMILES string of the molecule is CCC(CC)Nc1snc(N)c1C(=O)NC(C)C. The number of carbonyl (C=O) groups excluding carboxylic acids is 1. The third-order valence-corrected chi connectivity index (χ3v) is 3.48. The quantitative estimate of drug-likeness (QED) is 0.742. The molecule has 4 N–H and O–H groups in total. The molecule has 1 aromatic rings. The Hall–Kier alpha value is -1.30. The molecular formula is C12H22N4OS. The number of nitrogens with one attached hydrogen (secondary N) is 2. The van der Waals surface area contributed by atoms with Crippen molar-refractivity contribution in [2.24, 2.45) is 0 Å². The maximum absolute atomic E-state index is 12.1. The highest BCUT2D eigenvalue weighted by atomic mass is 32.1. The van der Waals surface area contributed by atoms with E-state index in [4.69, 9.17) is 5.73 Å². The second kappa shape index (κ2) is 6.58. The minimum atomic E-state index is -0.162. The van der Waals surface area contributed by atoms with E-state index >= 15 is 0 Å². The zero-order valence-corrected chi connectivity index (χ0v) is 12.2. The normalized spacial score (nSPS) is 11.0. The second-order valence-electron chi connectivity index (χ2n) is 4.56. The fraction of sp³-hybridized carbons (Fsp3) is 0.667. The van der Waals surface area contributed by atoms with Crippen LogP contribution in [0.15, 0.2) is 0 Å². The van der Waals surface area contributed by atoms with E-state index in [9.17, 15) is 4.79 Å². The second-order valence-corrected chi connectivity index (χ2v) is 5.33. The van der Waals surface area contributed by atoms with Crippen molar-refractivity contribution < 1.29 is 4.79 Å². The zero-order valence-electron chi connectivity index (χ0n) is 11.4. The first-order chi connectivity index (χ1) is 8.49. The molecule has 0 saturated carbocycles. The monoisotopic (exact) mass is 270 g/mol. The van der Waals surface area contributed by atoms with Crippen LogP contribution in [-0.2, 0) is 0 Å². The van der Waals surface area contributed by atoms with E-state index in [2.05, 4.69) is 28.9 Å². The highest BCUT2D eigenvalue weighted by Crippen LogP contribution is 2.28. The highest BCUT2D eigenvalue weighted by Gasteiger charge is 2.21. The molecule has 0 fully saturated rings. The fourth-order valence-corrected chi connectivity index (χ4v) is 2.42. The summed E-state index contributed by atoms with van der Waals surface area (Å²) in [5, 5.41) is 6.94. The van der Waals surface area contributed by atoms with Crippen LogP contribution in [0.2, 0.25) is 0 Å². The van der Waals surface area contributed by atoms with Crippen LogP contribution < -0.4 is 16.4 Å². The molecule has 0 aliphatic rings. The van der Waals surface area contributed by atoms with Gasteiger partial charge in [-0.3, -0.25) is 4.79 Å². The summed E-state index contributed by atoms with van der Waals surface area (Å²) in [7, 11) is 0. The predicted molar refractivity (Wildman–Crippen MR) is 77.1 cm³/mol. The number of aromatic nitrogens is 1. The average molecular weight is 270 g/mol. The summed E-state index contributed by atoms with van der Waals surface area (Å²) in [6, 6.07) is 0.424. The Labute approximate surface area is 112 Å². The van der Waals surface area contributed by atoms with E-state index in [0.29, 0.717) is 17.4 Å². The molecule has 0 aromatic carbocycles. The molecular weight excluding hydrogens is 248 g/mol. The van der Waals surface area contributed by atoms with E-state index in [1.807, 2.05) is 13.8 Å². The molecule has 0 aliphatic heterocycles. The molecule has 18 heavy (non-hydrogen) atoms. The number of amides is 1. The molecule has 1 heterocycles. The zero-order chi connectivity index (χ0) is 13.7. The first-order valence-electron chi connectivity index (χ1n) is 6.32. The van der Waals surface area contributed by atoms with Gasteiger partial charge in [0.15, 0.2) is 5.82 Å². The largest absolute Gasteiger partial charge is 0.382 e. The smallest absolute Gasteiger partial charge is 0.258 e. The average Bonchev–Trinajstić information content (AvgIpc) is 2.66. The number of nitrogens with zero attached hydrogens (tertiary/aromatic N) is 1. The molecule has 0 unspecified atom stereocenters. The molecule has 1 amide bonds. The Morgan fingerprint density at radius 2 is 2.00 bits per heavy atom. The minimum Gasteiger partial charge on any atom is -0.382 e. The Morgan fingerprint density at radius 3 is 2.50 bits per heavy atom. The third-order valence-electron chi connectivity index (χ3n) is 2.69. The van der Waals surface area contributed by atoms with E-state index in [1.54, 1.807) is 0 Å². The van der Waals surface area contributed by atoms with Gasteiger partial charge < -0.3 is 16.4 Å². The van der Waals surface area contributed by atoms with Crippen LogP contribution in [0.4, 0.5) is 10.8 Å². The lowest BCUT2D eigenvalue weighted by atomic mass is 10.1. The fourth-order valence-electron chi connectivity index (χ4n) is 1.63. The Morgan fingerprint density at radius 1 is 1.39 bits per heavy atom. The van der Waals surface area contributed by atoms with Gasteiger partial charge in [-0.2, -0.15) is 4.37 Å². The summed E-state index contributed by atoms with van der Waals surface area (Å²) in [4.78, 5) is 12.1. The predicted octanol–water partition coefficient (Wildman–Crippen LogP) is 2.46. The van der Waals surface area contributed by atoms with Gasteiger partial charge in [0.2, 0.25) is 0 Å². The van der Waals surface area contributed by atoms with Gasteiger partial charge in [-0.25, -0.2) is 0 Å². The molecule has 0 radical (unpaired) electrons. The lowest BCUT2D eigenvalue weighted by Crippen LogP contribution is -2.31. The number of hydrogen-bond acceptors (Lipinski definition) is 5. The number of hydrogen-bond donors (Lipinski definition) is 3. The van der Waals surface area contributed by atoms with Crippen molar-refractivity contribution in [3.05, 3.63) is 5.56 Å². The van der Waals surface area contributed by atoms with E-state index < -0.39 is 0 Å². The van der Waals surface area contributed by atoms with Crippen LogP contribution in [-0.4, -0.2) is 22.4 Å². The van der Waals surface area contributed by atoms with Crippen molar-refractivity contribution in [2.45, 2.75) is 52.6 Å². The topological polar surface area (TPSA) is 80.0 Å². The van der Waals surface area contributed by atoms with Crippen LogP contribution in [0.1, 0.15) is 50.9 Å². The van der Waals surface area contributed by atoms with Gasteiger partial charge in [-0.15, -0.1) is 0 Å². The van der Waals surface area contributed by atoms with Gasteiger partial charge in [0.25, 0.3) is 5.91 Å². The Balaban J connectivity index is 2.90. The number of carbonyl (C=O) groups is 1. The van der Waals surface area contributed by atoms with Crippen LogP contribution >= 0.6 is 11.5 Å². The molecule has 0 saturated heterocycles. The molecule has 1 rings (SSSR count). The molecule has 5 nitrogen and oxygen atoms in total. The molecule has 0 aliphatic carbocycles. The molecule has 102 valence electrons. The standard InChI is InChI=1S/C12H22N4OS/c1-5-8(6-2)15-12-9(10(13)16-18-12)11(17)14-7(3)4/h7-8,15H,5-6H2,1-4H3,(H2,13,16)(H,14,17). The van der Waals surface area contributed by atoms with Gasteiger partial charge >= 0.3 is 0 Å². The maximum Gasteiger partial charge on any atom is 0.258 e. The first-order valence-corrected chi connectivity index (χ1v) is 7.09. The summed E-state index contributed by atoms with van der Waals surface area (Å²) >= 11 is 1.24. The Kier molecular flexibility index (Phi) is 5.40. The van der Waals surface area contributed by atoms with E-state index in [-0.39, 0.29) is 11.9 Å². The van der Waals surface area contributed by atoms with Crippen LogP contribution in [0.3, 0.4) is 0 Å². The molecule has 6 heteroatoms. The first kappa shape index (κ1) is 14.8. The van der Waals surface area contributed by atoms with Crippen molar-refractivity contribution in [3.63, 3.8) is 0 Å². The summed E-state index contributed by atoms with van der Waals surface area (Å²) in [5.41, 5.74) is 6.25. The van der Waals surface area contributed by atoms with E-state index in [0.717, 1.165) is 17.8 Å². The third kappa shape index (κ3) is 3.60. The molecule has 0 spiro atoms. The highest BCUT2D eigenvalue weighted by molar-refractivity contribution is 7.11. The maximum atomic E-state index is 12.1. The van der Waals surface area contributed by atoms with Crippen LogP contribution in [0.25, 0.3) is 0 Å². The van der Waals surface area contributed by atoms with Crippen molar-refractivity contribution in [3.8, 4) is 0 Å². The minimum absolute atomic E-state index is 0.0813. The van der Waals surface area contributed by atoms with Gasteiger partial charge in [0.1, 0.15) is 10.6 Å². The van der Waals surface area contributed by atoms with Crippen molar-refractivity contribution >= 4 is 28.3 Å². The van der Waals surface area contributed by atoms with Crippen molar-refractivity contribution in [1.29, 1.82) is 0 Å². The van der Waals surface area contributed by atoms with Gasteiger partial charge in [0, 0.05) is 12.1 Å². The lowest BCUT2D eigenvalue weighted by Gasteiger charge is -2.16. The summed E-state index contributed by atoms with van der Waals surface area (Å²) in [5.74, 6) is 0.135. The number of nitrogens with two attached hydrogens (primary N) is 1. The van der Waals surface area contributed by atoms with Crippen molar-refractivity contribution in [2.75, 3.05) is 11.1 Å². The Bertz CT molecular complexity index is 399. The molecule has 1 aromatic heterocycles. The van der Waals surface area contributed by atoms with Gasteiger partial charge in [-0.05, 0) is 38.2 Å². The molecule has 0 bridgehead atoms. The number of nitrogen functional groups attached to an aromatic ring is 1. The van der Waals surface area contributed by atoms with Gasteiger partial charge in [0.05, 0.1) is 0 Å². The van der Waals surface area contributed by atoms with Crippen molar-refractivity contribution in [1.82, 2.24) is 9.69 Å². The van der Waals surface area contributed by atoms with Gasteiger partial charge in [-0.1, -0.05) is 13.8 Å². The molecule has 0 atom stereocenters. The summed E-state index contributed by atoms with van der Waals surface area (Å²) in [6.07, 6.45) is 2.00. The number of anilines is 2. The van der Waals surface area contributed by atoms with E-state index in [1.165, 1.54) is 11.5 Å². The van der Waals surface area contributed by atoms with Crippen LogP contribution in [0.5, 0.6) is 0 Å². The number of rotatable bonds is 6. The summed E-state index contributed by atoms with van der Waals surface area (Å²) in [6.45, 7) is 8.06.